The molecular formula is C39H25N3O2. The zero-order chi connectivity index (χ0) is 29.0. The number of amidine groups is 2. The van der Waals surface area contributed by atoms with E-state index in [2.05, 4.69) is 90.2 Å². The van der Waals surface area contributed by atoms with Crippen LogP contribution in [-0.4, -0.2) is 11.7 Å². The number of nitrogens with one attached hydrogen (secondary N) is 1. The maximum atomic E-state index is 6.43. The van der Waals surface area contributed by atoms with Gasteiger partial charge in [-0.3, -0.25) is 0 Å². The molecule has 0 spiro atoms. The molecule has 1 unspecified atom stereocenters. The molecule has 0 saturated heterocycles. The molecule has 1 N–H and O–H groups in total. The highest BCUT2D eigenvalue weighted by Gasteiger charge is 2.25. The predicted octanol–water partition coefficient (Wildman–Crippen LogP) is 9.65. The summed E-state index contributed by atoms with van der Waals surface area (Å²) in [5.41, 5.74) is 8.47. The van der Waals surface area contributed by atoms with E-state index in [1.807, 2.05) is 54.6 Å². The van der Waals surface area contributed by atoms with E-state index in [1.165, 1.54) is 0 Å². The van der Waals surface area contributed by atoms with Crippen LogP contribution in [0, 0.1) is 0 Å². The highest BCUT2D eigenvalue weighted by Crippen LogP contribution is 2.36. The number of hydrogen-bond acceptors (Lipinski definition) is 5. The van der Waals surface area contributed by atoms with Crippen molar-refractivity contribution in [2.24, 2.45) is 9.98 Å². The van der Waals surface area contributed by atoms with E-state index in [4.69, 9.17) is 18.8 Å². The average Bonchev–Trinajstić information content (AvgIpc) is 3.66. The zero-order valence-electron chi connectivity index (χ0n) is 23.6. The summed E-state index contributed by atoms with van der Waals surface area (Å²) in [7, 11) is 0. The SMILES string of the molecule is c1ccc(C2=NC(c3cccc4c3oc3ccccc34)NC(c3ccc4c(c3)oc3cc(-c5ccccc5)ccc34)=N2)cc1. The van der Waals surface area contributed by atoms with Gasteiger partial charge in [-0.2, -0.15) is 0 Å². The van der Waals surface area contributed by atoms with Crippen molar-refractivity contribution in [3.8, 4) is 11.1 Å². The molecule has 208 valence electrons. The fourth-order valence-corrected chi connectivity index (χ4v) is 6.19. The van der Waals surface area contributed by atoms with Gasteiger partial charge in [0.25, 0.3) is 0 Å². The van der Waals surface area contributed by atoms with E-state index in [1.54, 1.807) is 0 Å². The van der Waals surface area contributed by atoms with E-state index < -0.39 is 6.17 Å². The Labute approximate surface area is 252 Å². The Morgan fingerprint density at radius 2 is 1.11 bits per heavy atom. The fraction of sp³-hybridized carbons (Fsp3) is 0.0256. The second-order valence-electron chi connectivity index (χ2n) is 11.0. The quantitative estimate of drug-likeness (QED) is 0.230. The van der Waals surface area contributed by atoms with E-state index in [0.29, 0.717) is 5.84 Å². The van der Waals surface area contributed by atoms with Crippen molar-refractivity contribution >= 4 is 55.5 Å². The standard InChI is InChI=1S/C39H25N3O2/c1-3-10-24(11-4-1)26-18-20-29-30-21-19-27(23-35(30)43-34(29)22-26)38-40-37(25-12-5-2-6-13-25)41-39(42-38)32-16-9-15-31-28-14-7-8-17-33(28)44-36(31)32/h1-23,39H,(H,40,41,42). The topological polar surface area (TPSA) is 63.0 Å². The van der Waals surface area contributed by atoms with Crippen molar-refractivity contribution < 1.29 is 8.83 Å². The van der Waals surface area contributed by atoms with Gasteiger partial charge >= 0.3 is 0 Å². The van der Waals surface area contributed by atoms with Gasteiger partial charge in [-0.15, -0.1) is 0 Å². The first-order valence-corrected chi connectivity index (χ1v) is 14.7. The van der Waals surface area contributed by atoms with Gasteiger partial charge < -0.3 is 14.2 Å². The van der Waals surface area contributed by atoms with Crippen molar-refractivity contribution in [3.05, 3.63) is 156 Å². The smallest absolute Gasteiger partial charge is 0.159 e. The third kappa shape index (κ3) is 4.02. The first kappa shape index (κ1) is 24.6. The van der Waals surface area contributed by atoms with Gasteiger partial charge in [0, 0.05) is 38.2 Å². The van der Waals surface area contributed by atoms with Crippen LogP contribution in [0.5, 0.6) is 0 Å². The van der Waals surface area contributed by atoms with Gasteiger partial charge in [-0.1, -0.05) is 109 Å². The fourth-order valence-electron chi connectivity index (χ4n) is 6.19. The van der Waals surface area contributed by atoms with E-state index in [0.717, 1.165) is 77.5 Å². The van der Waals surface area contributed by atoms with Crippen LogP contribution >= 0.6 is 0 Å². The van der Waals surface area contributed by atoms with Crippen molar-refractivity contribution in [3.63, 3.8) is 0 Å². The first-order chi connectivity index (χ1) is 21.8. The number of hydrogen-bond donors (Lipinski definition) is 1. The lowest BCUT2D eigenvalue weighted by Gasteiger charge is -2.23. The number of para-hydroxylation sites is 2. The highest BCUT2D eigenvalue weighted by molar-refractivity contribution is 6.15. The number of fused-ring (bicyclic) bond motifs is 6. The molecular weight excluding hydrogens is 542 g/mol. The maximum Gasteiger partial charge on any atom is 0.159 e. The summed E-state index contributed by atoms with van der Waals surface area (Å²) in [6, 6.07) is 47.5. The van der Waals surface area contributed by atoms with Crippen LogP contribution in [0.15, 0.2) is 158 Å². The molecule has 0 amide bonds. The molecule has 5 nitrogen and oxygen atoms in total. The summed E-state index contributed by atoms with van der Waals surface area (Å²) >= 11 is 0. The van der Waals surface area contributed by atoms with Gasteiger partial charge in [0.2, 0.25) is 0 Å². The lowest BCUT2D eigenvalue weighted by Crippen LogP contribution is -2.33. The Hall–Kier alpha value is -5.94. The van der Waals surface area contributed by atoms with Crippen LogP contribution in [0.1, 0.15) is 22.9 Å². The minimum Gasteiger partial charge on any atom is -0.456 e. The summed E-state index contributed by atoms with van der Waals surface area (Å²) in [5.74, 6) is 1.39. The largest absolute Gasteiger partial charge is 0.456 e. The lowest BCUT2D eigenvalue weighted by molar-refractivity contribution is 0.628. The van der Waals surface area contributed by atoms with Crippen LogP contribution in [0.2, 0.25) is 0 Å². The predicted molar refractivity (Wildman–Crippen MR) is 178 cm³/mol. The molecule has 0 fully saturated rings. The highest BCUT2D eigenvalue weighted by atomic mass is 16.3. The Bertz CT molecular complexity index is 2420. The number of furan rings is 2. The molecule has 3 heterocycles. The van der Waals surface area contributed by atoms with Gasteiger partial charge in [0.15, 0.2) is 12.0 Å². The number of benzene rings is 6. The van der Waals surface area contributed by atoms with Crippen molar-refractivity contribution in [1.29, 1.82) is 0 Å². The summed E-state index contributed by atoms with van der Waals surface area (Å²) in [6.07, 6.45) is -0.401. The second-order valence-corrected chi connectivity index (χ2v) is 11.0. The molecule has 1 aliphatic heterocycles. The number of aliphatic imine (C=N–C) groups is 2. The Morgan fingerprint density at radius 1 is 0.477 bits per heavy atom. The van der Waals surface area contributed by atoms with Gasteiger partial charge in [-0.25, -0.2) is 9.98 Å². The summed E-state index contributed by atoms with van der Waals surface area (Å²) in [6.45, 7) is 0. The van der Waals surface area contributed by atoms with Crippen molar-refractivity contribution in [2.75, 3.05) is 0 Å². The van der Waals surface area contributed by atoms with Crippen LogP contribution in [-0.2, 0) is 0 Å². The van der Waals surface area contributed by atoms with Gasteiger partial charge in [0.05, 0.1) is 0 Å². The van der Waals surface area contributed by atoms with Gasteiger partial charge in [0.1, 0.15) is 28.2 Å². The van der Waals surface area contributed by atoms with Crippen molar-refractivity contribution in [2.45, 2.75) is 6.17 Å². The maximum absolute atomic E-state index is 6.43. The van der Waals surface area contributed by atoms with E-state index in [9.17, 15) is 0 Å². The Kier molecular flexibility index (Phi) is 5.50. The third-order valence-corrected chi connectivity index (χ3v) is 8.36. The summed E-state index contributed by atoms with van der Waals surface area (Å²) in [4.78, 5) is 10.1. The van der Waals surface area contributed by atoms with E-state index >= 15 is 0 Å². The summed E-state index contributed by atoms with van der Waals surface area (Å²) < 4.78 is 12.8. The molecule has 44 heavy (non-hydrogen) atoms. The average molecular weight is 568 g/mol. The van der Waals surface area contributed by atoms with Crippen molar-refractivity contribution in [1.82, 2.24) is 5.32 Å². The molecule has 6 aromatic carbocycles. The molecule has 2 aromatic heterocycles. The molecule has 1 aliphatic rings. The Balaban J connectivity index is 1.16. The zero-order valence-corrected chi connectivity index (χ0v) is 23.6. The molecule has 5 heteroatoms. The molecule has 0 saturated carbocycles. The van der Waals surface area contributed by atoms with Crippen LogP contribution in [0.3, 0.4) is 0 Å². The Morgan fingerprint density at radius 3 is 1.91 bits per heavy atom. The molecule has 9 rings (SSSR count). The molecule has 0 radical (unpaired) electrons. The number of rotatable bonds is 4. The first-order valence-electron chi connectivity index (χ1n) is 14.7. The minimum atomic E-state index is -0.401. The minimum absolute atomic E-state index is 0.401. The van der Waals surface area contributed by atoms with Crippen LogP contribution in [0.25, 0.3) is 55.0 Å². The van der Waals surface area contributed by atoms with Crippen LogP contribution in [0.4, 0.5) is 0 Å². The van der Waals surface area contributed by atoms with Crippen LogP contribution < -0.4 is 5.32 Å². The molecule has 8 aromatic rings. The van der Waals surface area contributed by atoms with E-state index in [-0.39, 0.29) is 0 Å². The van der Waals surface area contributed by atoms with Gasteiger partial charge in [-0.05, 0) is 41.5 Å². The molecule has 0 aliphatic carbocycles. The lowest BCUT2D eigenvalue weighted by atomic mass is 10.0. The summed E-state index contributed by atoms with van der Waals surface area (Å²) in [5, 5.41) is 7.93. The second kappa shape index (κ2) is 9.82. The normalized spacial score (nSPS) is 15.0. The molecule has 0 bridgehead atoms. The number of nitrogens with zero attached hydrogens (tertiary/aromatic N) is 2. The third-order valence-electron chi connectivity index (χ3n) is 8.36. The monoisotopic (exact) mass is 567 g/mol. The molecule has 1 atom stereocenters.